The minimum Gasteiger partial charge on any atom is -0.475 e. The van der Waals surface area contributed by atoms with Gasteiger partial charge in [-0.15, -0.1) is 0 Å². The van der Waals surface area contributed by atoms with Gasteiger partial charge < -0.3 is 5.11 Å². The Morgan fingerprint density at radius 1 is 1.64 bits per heavy atom. The minimum atomic E-state index is -0.972. The van der Waals surface area contributed by atoms with Crippen molar-refractivity contribution < 1.29 is 14.5 Å². The lowest BCUT2D eigenvalue weighted by Crippen LogP contribution is -2.38. The summed E-state index contributed by atoms with van der Waals surface area (Å²) in [4.78, 5) is 10.5. The Morgan fingerprint density at radius 3 is 2.73 bits per heavy atom. The number of nitrogen functional groups attached to an aromatic ring is 1. The van der Waals surface area contributed by atoms with Crippen LogP contribution >= 0.6 is 0 Å². The van der Waals surface area contributed by atoms with Gasteiger partial charge in [-0.05, 0) is 12.1 Å². The second-order valence-corrected chi connectivity index (χ2v) is 2.20. The molecule has 0 fully saturated rings. The number of carboxylic acid groups (broad SMARTS) is 1. The molecule has 0 saturated carbocycles. The van der Waals surface area contributed by atoms with Crippen LogP contribution in [0.15, 0.2) is 18.2 Å². The van der Waals surface area contributed by atoms with Crippen LogP contribution in [0.3, 0.4) is 0 Å². The number of aromatic carboxylic acids is 1. The van der Waals surface area contributed by atoms with E-state index in [1.807, 2.05) is 0 Å². The highest BCUT2D eigenvalue weighted by atomic mass is 16.4. The summed E-state index contributed by atoms with van der Waals surface area (Å²) in [7, 11) is 1.61. The molecule has 1 heterocycles. The normalized spacial score (nSPS) is 9.55. The van der Waals surface area contributed by atoms with Crippen LogP contribution in [0, 0.1) is 0 Å². The number of anilines is 1. The molecular formula is C7H9N2O2+. The molecule has 0 aliphatic heterocycles. The molecule has 0 unspecified atom stereocenters. The van der Waals surface area contributed by atoms with E-state index in [0.29, 0.717) is 5.82 Å². The fourth-order valence-corrected chi connectivity index (χ4v) is 0.815. The molecule has 11 heavy (non-hydrogen) atoms. The molecular weight excluding hydrogens is 144 g/mol. The van der Waals surface area contributed by atoms with Crippen molar-refractivity contribution >= 4 is 11.8 Å². The van der Waals surface area contributed by atoms with Crippen LogP contribution in [0.25, 0.3) is 0 Å². The Balaban J connectivity index is 3.27. The molecule has 0 bridgehead atoms. The standard InChI is InChI=1S/C7H8N2O2/c1-9-5(7(10)11)3-2-4-6(9)8/h2-4,8H,1H3,(H,10,11)/p+1. The van der Waals surface area contributed by atoms with Crippen LogP contribution in [0.1, 0.15) is 10.5 Å². The Hall–Kier alpha value is -1.58. The highest BCUT2D eigenvalue weighted by Gasteiger charge is 2.12. The van der Waals surface area contributed by atoms with Gasteiger partial charge in [0.15, 0.2) is 0 Å². The molecule has 0 atom stereocenters. The lowest BCUT2D eigenvalue weighted by molar-refractivity contribution is -0.659. The van der Waals surface area contributed by atoms with Crippen molar-refractivity contribution in [2.75, 3.05) is 5.73 Å². The molecule has 58 valence electrons. The van der Waals surface area contributed by atoms with Crippen molar-refractivity contribution in [2.45, 2.75) is 0 Å². The van der Waals surface area contributed by atoms with Gasteiger partial charge in [0.2, 0.25) is 5.69 Å². The van der Waals surface area contributed by atoms with Crippen molar-refractivity contribution in [3.8, 4) is 0 Å². The average Bonchev–Trinajstić information content (AvgIpc) is 1.94. The predicted octanol–water partition coefficient (Wildman–Crippen LogP) is -0.209. The van der Waals surface area contributed by atoms with E-state index in [0.717, 1.165) is 0 Å². The largest absolute Gasteiger partial charge is 0.475 e. The molecule has 0 spiro atoms. The number of nitrogens with two attached hydrogens (primary N) is 1. The van der Waals surface area contributed by atoms with E-state index < -0.39 is 5.97 Å². The third-order valence-corrected chi connectivity index (χ3v) is 1.49. The van der Waals surface area contributed by atoms with Gasteiger partial charge in [0.05, 0.1) is 7.05 Å². The van der Waals surface area contributed by atoms with Gasteiger partial charge in [0.1, 0.15) is 0 Å². The fourth-order valence-electron chi connectivity index (χ4n) is 0.815. The molecule has 0 amide bonds. The predicted molar refractivity (Wildman–Crippen MR) is 39.0 cm³/mol. The van der Waals surface area contributed by atoms with Gasteiger partial charge >= 0.3 is 5.97 Å². The molecule has 1 aromatic rings. The number of hydrogen-bond donors (Lipinski definition) is 2. The van der Waals surface area contributed by atoms with Gasteiger partial charge in [-0.3, -0.25) is 5.73 Å². The van der Waals surface area contributed by atoms with E-state index in [2.05, 4.69) is 0 Å². The smallest absolute Gasteiger partial charge is 0.376 e. The molecule has 1 rings (SSSR count). The molecule has 0 aliphatic rings. The molecule has 1 aromatic heterocycles. The summed E-state index contributed by atoms with van der Waals surface area (Å²) < 4.78 is 1.42. The maximum Gasteiger partial charge on any atom is 0.376 e. The summed E-state index contributed by atoms with van der Waals surface area (Å²) in [6.45, 7) is 0. The number of rotatable bonds is 1. The van der Waals surface area contributed by atoms with Crippen LogP contribution in [0.2, 0.25) is 0 Å². The van der Waals surface area contributed by atoms with Crippen molar-refractivity contribution in [1.29, 1.82) is 0 Å². The Kier molecular flexibility index (Phi) is 1.76. The second-order valence-electron chi connectivity index (χ2n) is 2.20. The number of hydrogen-bond acceptors (Lipinski definition) is 2. The summed E-state index contributed by atoms with van der Waals surface area (Å²) in [6.07, 6.45) is 0. The molecule has 0 aliphatic carbocycles. The summed E-state index contributed by atoms with van der Waals surface area (Å²) in [5.41, 5.74) is 5.64. The highest BCUT2D eigenvalue weighted by molar-refractivity contribution is 5.83. The van der Waals surface area contributed by atoms with Gasteiger partial charge in [-0.25, -0.2) is 9.36 Å². The van der Waals surface area contributed by atoms with Crippen LogP contribution in [0.4, 0.5) is 5.82 Å². The quantitative estimate of drug-likeness (QED) is 0.548. The van der Waals surface area contributed by atoms with Gasteiger partial charge in [0.25, 0.3) is 5.82 Å². The van der Waals surface area contributed by atoms with E-state index in [1.54, 1.807) is 19.2 Å². The number of carboxylic acids is 1. The van der Waals surface area contributed by atoms with Crippen molar-refractivity contribution in [3.63, 3.8) is 0 Å². The molecule has 3 N–H and O–H groups in total. The van der Waals surface area contributed by atoms with E-state index >= 15 is 0 Å². The first-order chi connectivity index (χ1) is 5.13. The minimum absolute atomic E-state index is 0.185. The van der Waals surface area contributed by atoms with Gasteiger partial charge in [-0.2, -0.15) is 0 Å². The summed E-state index contributed by atoms with van der Waals surface area (Å²) >= 11 is 0. The molecule has 0 saturated heterocycles. The zero-order valence-corrected chi connectivity index (χ0v) is 6.11. The first kappa shape index (κ1) is 7.53. The Labute approximate surface area is 63.9 Å². The van der Waals surface area contributed by atoms with Crippen molar-refractivity contribution in [2.24, 2.45) is 7.05 Å². The number of nitrogens with zero attached hydrogens (tertiary/aromatic N) is 1. The number of aromatic nitrogens is 1. The van der Waals surface area contributed by atoms with Gasteiger partial charge in [-0.1, -0.05) is 0 Å². The first-order valence-corrected chi connectivity index (χ1v) is 3.10. The molecule has 4 nitrogen and oxygen atoms in total. The third-order valence-electron chi connectivity index (χ3n) is 1.49. The summed E-state index contributed by atoms with van der Waals surface area (Å²) in [5.74, 6) is -0.537. The fraction of sp³-hybridized carbons (Fsp3) is 0.143. The monoisotopic (exact) mass is 153 g/mol. The number of carbonyl (C=O) groups is 1. The molecule has 0 radical (unpaired) electrons. The Bertz CT molecular complexity index is 296. The molecule has 0 aromatic carbocycles. The SMILES string of the molecule is C[n+]1c(N)cccc1C(=O)O. The maximum absolute atomic E-state index is 10.5. The van der Waals surface area contributed by atoms with E-state index in [1.165, 1.54) is 10.6 Å². The van der Waals surface area contributed by atoms with Gasteiger partial charge in [0, 0.05) is 6.07 Å². The first-order valence-electron chi connectivity index (χ1n) is 3.10. The van der Waals surface area contributed by atoms with E-state index in [9.17, 15) is 4.79 Å². The van der Waals surface area contributed by atoms with E-state index in [4.69, 9.17) is 10.8 Å². The van der Waals surface area contributed by atoms with Crippen molar-refractivity contribution in [3.05, 3.63) is 23.9 Å². The zero-order valence-electron chi connectivity index (χ0n) is 6.11. The molecule has 4 heteroatoms. The number of pyridine rings is 1. The average molecular weight is 153 g/mol. The Morgan fingerprint density at radius 2 is 2.27 bits per heavy atom. The van der Waals surface area contributed by atoms with Crippen LogP contribution in [0.5, 0.6) is 0 Å². The van der Waals surface area contributed by atoms with E-state index in [-0.39, 0.29) is 5.69 Å². The highest BCUT2D eigenvalue weighted by Crippen LogP contribution is 1.96. The topological polar surface area (TPSA) is 67.2 Å². The third kappa shape index (κ3) is 1.29. The maximum atomic E-state index is 10.5. The van der Waals surface area contributed by atoms with Crippen LogP contribution in [-0.4, -0.2) is 11.1 Å². The zero-order chi connectivity index (χ0) is 8.43. The van der Waals surface area contributed by atoms with Crippen LogP contribution < -0.4 is 10.3 Å². The lowest BCUT2D eigenvalue weighted by Gasteiger charge is -1.98. The lowest BCUT2D eigenvalue weighted by atomic mass is 10.3. The summed E-state index contributed by atoms with van der Waals surface area (Å²) in [5, 5.41) is 8.61. The van der Waals surface area contributed by atoms with Crippen LogP contribution in [-0.2, 0) is 7.05 Å². The van der Waals surface area contributed by atoms with Crippen molar-refractivity contribution in [1.82, 2.24) is 0 Å². The second kappa shape index (κ2) is 2.57. The summed E-state index contributed by atoms with van der Waals surface area (Å²) in [6, 6.07) is 4.75.